The van der Waals surface area contributed by atoms with Crippen molar-refractivity contribution in [3.05, 3.63) is 42.2 Å². The quantitative estimate of drug-likeness (QED) is 0.760. The van der Waals surface area contributed by atoms with Crippen molar-refractivity contribution in [2.45, 2.75) is 26.8 Å². The Balaban J connectivity index is 1.48. The van der Waals surface area contributed by atoms with Gasteiger partial charge in [-0.25, -0.2) is 9.78 Å². The molecule has 1 saturated heterocycles. The molecule has 1 fully saturated rings. The lowest BCUT2D eigenvalue weighted by Gasteiger charge is -2.39. The Kier molecular flexibility index (Phi) is 6.11. The van der Waals surface area contributed by atoms with Crippen LogP contribution in [0.1, 0.15) is 19.0 Å². The summed E-state index contributed by atoms with van der Waals surface area (Å²) in [6, 6.07) is 10.0. The lowest BCUT2D eigenvalue weighted by atomic mass is 10.0. The summed E-state index contributed by atoms with van der Waals surface area (Å²) in [6.07, 6.45) is 2.09. The predicted molar refractivity (Wildman–Crippen MR) is 102 cm³/mol. The van der Waals surface area contributed by atoms with Crippen molar-refractivity contribution in [3.8, 4) is 11.4 Å². The number of benzene rings is 1. The number of hydrogen-bond donors (Lipinski definition) is 1. The van der Waals surface area contributed by atoms with E-state index in [1.54, 1.807) is 11.8 Å². The smallest absolute Gasteiger partial charge is 0.317 e. The minimum atomic E-state index is -0.289. The predicted octanol–water partition coefficient (Wildman–Crippen LogP) is 2.45. The minimum Gasteiger partial charge on any atom is -0.466 e. The molecule has 0 unspecified atom stereocenters. The van der Waals surface area contributed by atoms with Crippen LogP contribution in [0.2, 0.25) is 0 Å². The molecule has 0 atom stereocenters. The highest BCUT2D eigenvalue weighted by Gasteiger charge is 2.31. The van der Waals surface area contributed by atoms with Crippen LogP contribution in [-0.4, -0.2) is 52.7 Å². The van der Waals surface area contributed by atoms with Crippen molar-refractivity contribution in [2.75, 3.05) is 26.2 Å². The van der Waals surface area contributed by atoms with Gasteiger partial charge in [0, 0.05) is 49.6 Å². The number of carbonyl (C=O) groups excluding carboxylic acids is 2. The summed E-state index contributed by atoms with van der Waals surface area (Å²) >= 11 is 0. The van der Waals surface area contributed by atoms with E-state index in [0.29, 0.717) is 32.2 Å². The number of likely N-dealkylation sites (tertiary alicyclic amines) is 1. The minimum absolute atomic E-state index is 0.124. The van der Waals surface area contributed by atoms with E-state index in [9.17, 15) is 9.59 Å². The lowest BCUT2D eigenvalue weighted by Crippen LogP contribution is -2.55. The summed E-state index contributed by atoms with van der Waals surface area (Å²) in [5, 5.41) is 2.77. The van der Waals surface area contributed by atoms with Gasteiger partial charge in [-0.05, 0) is 13.8 Å². The molecule has 1 aliphatic rings. The van der Waals surface area contributed by atoms with Gasteiger partial charge < -0.3 is 19.5 Å². The van der Waals surface area contributed by atoms with Crippen molar-refractivity contribution in [1.29, 1.82) is 0 Å². The Hall–Kier alpha value is -2.83. The van der Waals surface area contributed by atoms with Crippen LogP contribution >= 0.6 is 0 Å². The number of amides is 2. The van der Waals surface area contributed by atoms with E-state index in [1.807, 2.05) is 24.4 Å². The zero-order chi connectivity index (χ0) is 19.2. The van der Waals surface area contributed by atoms with Gasteiger partial charge in [-0.15, -0.1) is 0 Å². The van der Waals surface area contributed by atoms with E-state index >= 15 is 0 Å². The molecule has 0 spiro atoms. The fourth-order valence-corrected chi connectivity index (χ4v) is 3.23. The van der Waals surface area contributed by atoms with Crippen LogP contribution in [0, 0.1) is 12.8 Å². The molecule has 1 aliphatic heterocycles. The fourth-order valence-electron chi connectivity index (χ4n) is 3.23. The van der Waals surface area contributed by atoms with Crippen LogP contribution in [-0.2, 0) is 16.1 Å². The Morgan fingerprint density at radius 3 is 2.70 bits per heavy atom. The van der Waals surface area contributed by atoms with Crippen LogP contribution in [0.4, 0.5) is 4.79 Å². The summed E-state index contributed by atoms with van der Waals surface area (Å²) in [6.45, 7) is 6.73. The van der Waals surface area contributed by atoms with Crippen molar-refractivity contribution >= 4 is 12.0 Å². The number of ether oxygens (including phenoxy) is 1. The number of imidazole rings is 1. The fraction of sp³-hybridized carbons (Fsp3) is 0.450. The van der Waals surface area contributed by atoms with Crippen molar-refractivity contribution < 1.29 is 14.3 Å². The molecular weight excluding hydrogens is 344 g/mol. The number of aryl methyl sites for hydroxylation is 1. The van der Waals surface area contributed by atoms with Crippen LogP contribution in [0.25, 0.3) is 11.4 Å². The zero-order valence-corrected chi connectivity index (χ0v) is 15.9. The molecule has 7 nitrogen and oxygen atoms in total. The van der Waals surface area contributed by atoms with E-state index in [-0.39, 0.29) is 18.4 Å². The lowest BCUT2D eigenvalue weighted by molar-refractivity contribution is -0.142. The van der Waals surface area contributed by atoms with E-state index in [0.717, 1.165) is 23.6 Å². The maximum Gasteiger partial charge on any atom is 0.317 e. The van der Waals surface area contributed by atoms with Gasteiger partial charge in [0.05, 0.1) is 13.0 Å². The first kappa shape index (κ1) is 18.9. The third-order valence-electron chi connectivity index (χ3n) is 4.68. The summed E-state index contributed by atoms with van der Waals surface area (Å²) < 4.78 is 7.06. The molecule has 1 aromatic carbocycles. The van der Waals surface area contributed by atoms with Gasteiger partial charge in [0.15, 0.2) is 0 Å². The number of esters is 1. The Labute approximate surface area is 159 Å². The van der Waals surface area contributed by atoms with Gasteiger partial charge >= 0.3 is 12.0 Å². The van der Waals surface area contributed by atoms with Gasteiger partial charge in [0.2, 0.25) is 0 Å². The van der Waals surface area contributed by atoms with Crippen LogP contribution in [0.15, 0.2) is 36.5 Å². The summed E-state index contributed by atoms with van der Waals surface area (Å²) in [7, 11) is 0. The van der Waals surface area contributed by atoms with Gasteiger partial charge in [0.1, 0.15) is 5.82 Å². The van der Waals surface area contributed by atoms with Gasteiger partial charge in [-0.3, -0.25) is 4.79 Å². The highest BCUT2D eigenvalue weighted by atomic mass is 16.5. The highest BCUT2D eigenvalue weighted by Crippen LogP contribution is 2.24. The normalized spacial score (nSPS) is 13.9. The molecule has 0 aliphatic carbocycles. The molecule has 1 aromatic heterocycles. The van der Waals surface area contributed by atoms with Crippen LogP contribution in [0.3, 0.4) is 0 Å². The topological polar surface area (TPSA) is 76.5 Å². The first-order chi connectivity index (χ1) is 13.1. The molecule has 3 rings (SSSR count). The van der Waals surface area contributed by atoms with Crippen LogP contribution < -0.4 is 5.32 Å². The number of rotatable bonds is 7. The summed E-state index contributed by atoms with van der Waals surface area (Å²) in [5.41, 5.74) is 2.21. The maximum absolute atomic E-state index is 12.1. The summed E-state index contributed by atoms with van der Waals surface area (Å²) in [5.74, 6) is 1.07. The molecule has 7 heteroatoms. The molecule has 27 heavy (non-hydrogen) atoms. The first-order valence-corrected chi connectivity index (χ1v) is 9.34. The number of aromatic nitrogens is 2. The van der Waals surface area contributed by atoms with E-state index in [1.165, 1.54) is 0 Å². The molecule has 0 radical (unpaired) electrons. The van der Waals surface area contributed by atoms with Gasteiger partial charge in [-0.2, -0.15) is 0 Å². The first-order valence-electron chi connectivity index (χ1n) is 9.34. The molecule has 144 valence electrons. The number of carbonyl (C=O) groups is 2. The zero-order valence-electron chi connectivity index (χ0n) is 15.9. The third kappa shape index (κ3) is 4.67. The van der Waals surface area contributed by atoms with Crippen LogP contribution in [0.5, 0.6) is 0 Å². The average Bonchev–Trinajstić information content (AvgIpc) is 2.99. The largest absolute Gasteiger partial charge is 0.466 e. The van der Waals surface area contributed by atoms with E-state index in [4.69, 9.17) is 4.74 Å². The SMILES string of the molecule is CCOC(=O)CCNC(=O)N1CC(Cn2c(C)cnc2-c2ccccc2)C1. The Bertz CT molecular complexity index is 782. The van der Waals surface area contributed by atoms with Crippen molar-refractivity contribution in [3.63, 3.8) is 0 Å². The monoisotopic (exact) mass is 370 g/mol. The van der Waals surface area contributed by atoms with E-state index in [2.05, 4.69) is 33.9 Å². The number of hydrogen-bond acceptors (Lipinski definition) is 4. The molecule has 2 amide bonds. The van der Waals surface area contributed by atoms with Gasteiger partial charge in [0.25, 0.3) is 0 Å². The van der Waals surface area contributed by atoms with Crippen molar-refractivity contribution in [1.82, 2.24) is 19.8 Å². The molecule has 0 bridgehead atoms. The second-order valence-corrected chi connectivity index (χ2v) is 6.76. The number of nitrogens with zero attached hydrogens (tertiary/aromatic N) is 3. The van der Waals surface area contributed by atoms with Gasteiger partial charge in [-0.1, -0.05) is 30.3 Å². The van der Waals surface area contributed by atoms with E-state index < -0.39 is 0 Å². The number of nitrogens with one attached hydrogen (secondary N) is 1. The second-order valence-electron chi connectivity index (χ2n) is 6.76. The summed E-state index contributed by atoms with van der Waals surface area (Å²) in [4.78, 5) is 29.7. The molecule has 1 N–H and O–H groups in total. The number of urea groups is 1. The molecule has 2 aromatic rings. The second kappa shape index (κ2) is 8.70. The molecule has 0 saturated carbocycles. The third-order valence-corrected chi connectivity index (χ3v) is 4.68. The average molecular weight is 370 g/mol. The molecular formula is C20H26N4O3. The maximum atomic E-state index is 12.1. The Morgan fingerprint density at radius 2 is 2.00 bits per heavy atom. The Morgan fingerprint density at radius 1 is 1.26 bits per heavy atom. The standard InChI is InChI=1S/C20H26N4O3/c1-3-27-18(25)9-10-21-20(26)23-12-16(13-23)14-24-15(2)11-22-19(24)17-7-5-4-6-8-17/h4-8,11,16H,3,9-10,12-14H2,1-2H3,(H,21,26). The molecule has 2 heterocycles. The van der Waals surface area contributed by atoms with Crippen molar-refractivity contribution in [2.24, 2.45) is 5.92 Å². The highest BCUT2D eigenvalue weighted by molar-refractivity contribution is 5.76.